The Balaban J connectivity index is 2.07. The standard InChI is InChI=1S/C19H28N2O4/c1-13(2)12-16(15-6-4-5-7-17(15)25-3)20-19(24)21-10-8-14(9-11-21)18(22)23/h4-7,13-14,16H,8-12H2,1-3H3,(H,20,24)(H,22,23). The van der Waals surface area contributed by atoms with Crippen molar-refractivity contribution in [3.05, 3.63) is 29.8 Å². The third-order valence-corrected chi connectivity index (χ3v) is 4.65. The molecule has 1 fully saturated rings. The number of carbonyl (C=O) groups excluding carboxylic acids is 1. The van der Waals surface area contributed by atoms with E-state index in [0.717, 1.165) is 17.7 Å². The van der Waals surface area contributed by atoms with Gasteiger partial charge in [0.25, 0.3) is 0 Å². The Morgan fingerprint density at radius 1 is 1.28 bits per heavy atom. The van der Waals surface area contributed by atoms with Crippen molar-refractivity contribution in [1.82, 2.24) is 10.2 Å². The van der Waals surface area contributed by atoms with Gasteiger partial charge in [-0.1, -0.05) is 32.0 Å². The lowest BCUT2D eigenvalue weighted by atomic mass is 9.95. The van der Waals surface area contributed by atoms with E-state index in [1.807, 2.05) is 24.3 Å². The molecule has 0 aromatic heterocycles. The number of hydrogen-bond acceptors (Lipinski definition) is 3. The van der Waals surface area contributed by atoms with Crippen LogP contribution < -0.4 is 10.1 Å². The molecule has 0 aliphatic carbocycles. The van der Waals surface area contributed by atoms with E-state index < -0.39 is 5.97 Å². The van der Waals surface area contributed by atoms with E-state index in [4.69, 9.17) is 9.84 Å². The normalized spacial score (nSPS) is 16.6. The first-order valence-electron chi connectivity index (χ1n) is 8.83. The molecular weight excluding hydrogens is 320 g/mol. The van der Waals surface area contributed by atoms with Gasteiger partial charge in [0.05, 0.1) is 19.1 Å². The van der Waals surface area contributed by atoms with Gasteiger partial charge in [0.1, 0.15) is 5.75 Å². The van der Waals surface area contributed by atoms with E-state index in [2.05, 4.69) is 19.2 Å². The molecule has 1 atom stereocenters. The van der Waals surface area contributed by atoms with Crippen molar-refractivity contribution in [1.29, 1.82) is 0 Å². The highest BCUT2D eigenvalue weighted by molar-refractivity contribution is 5.76. The maximum Gasteiger partial charge on any atom is 0.317 e. The Morgan fingerprint density at radius 3 is 2.48 bits per heavy atom. The number of piperidine rings is 1. The third-order valence-electron chi connectivity index (χ3n) is 4.65. The second-order valence-electron chi connectivity index (χ2n) is 6.97. The second-order valence-corrected chi connectivity index (χ2v) is 6.97. The molecule has 1 aromatic carbocycles. The van der Waals surface area contributed by atoms with Crippen molar-refractivity contribution >= 4 is 12.0 Å². The average Bonchev–Trinajstić information content (AvgIpc) is 2.60. The molecule has 2 N–H and O–H groups in total. The summed E-state index contributed by atoms with van der Waals surface area (Å²) in [6, 6.07) is 7.44. The fourth-order valence-corrected chi connectivity index (χ4v) is 3.26. The van der Waals surface area contributed by atoms with Crippen LogP contribution in [0.25, 0.3) is 0 Å². The molecule has 0 radical (unpaired) electrons. The smallest absolute Gasteiger partial charge is 0.317 e. The van der Waals surface area contributed by atoms with E-state index in [-0.39, 0.29) is 18.0 Å². The summed E-state index contributed by atoms with van der Waals surface area (Å²) in [5, 5.41) is 12.2. The van der Waals surface area contributed by atoms with Crippen LogP contribution in [0.5, 0.6) is 5.75 Å². The Labute approximate surface area is 149 Å². The SMILES string of the molecule is COc1ccccc1C(CC(C)C)NC(=O)N1CCC(C(=O)O)CC1. The first-order chi connectivity index (χ1) is 11.9. The van der Waals surface area contributed by atoms with Gasteiger partial charge in [-0.25, -0.2) is 4.79 Å². The van der Waals surface area contributed by atoms with Gasteiger partial charge in [-0.2, -0.15) is 0 Å². The molecule has 2 amide bonds. The summed E-state index contributed by atoms with van der Waals surface area (Å²) in [4.78, 5) is 25.4. The van der Waals surface area contributed by atoms with E-state index in [1.54, 1.807) is 12.0 Å². The van der Waals surface area contributed by atoms with E-state index >= 15 is 0 Å². The number of urea groups is 1. The number of nitrogens with one attached hydrogen (secondary N) is 1. The van der Waals surface area contributed by atoms with Gasteiger partial charge in [0.15, 0.2) is 0 Å². The third kappa shape index (κ3) is 5.11. The number of ether oxygens (including phenoxy) is 1. The topological polar surface area (TPSA) is 78.9 Å². The minimum Gasteiger partial charge on any atom is -0.496 e. The summed E-state index contributed by atoms with van der Waals surface area (Å²) in [7, 11) is 1.63. The van der Waals surface area contributed by atoms with Gasteiger partial charge in [0, 0.05) is 18.7 Å². The van der Waals surface area contributed by atoms with E-state index in [1.165, 1.54) is 0 Å². The van der Waals surface area contributed by atoms with Crippen LogP contribution in [0, 0.1) is 11.8 Å². The first-order valence-corrected chi connectivity index (χ1v) is 8.83. The van der Waals surface area contributed by atoms with Crippen LogP contribution in [0.1, 0.15) is 44.7 Å². The monoisotopic (exact) mass is 348 g/mol. The summed E-state index contributed by atoms with van der Waals surface area (Å²) >= 11 is 0. The van der Waals surface area contributed by atoms with Crippen LogP contribution in [-0.4, -0.2) is 42.2 Å². The molecule has 6 heteroatoms. The second kappa shape index (κ2) is 8.74. The molecule has 1 heterocycles. The summed E-state index contributed by atoms with van der Waals surface area (Å²) in [5.41, 5.74) is 0.965. The number of hydrogen-bond donors (Lipinski definition) is 2. The number of para-hydroxylation sites is 1. The molecule has 0 bridgehead atoms. The van der Waals surface area contributed by atoms with Gasteiger partial charge >= 0.3 is 12.0 Å². The maximum atomic E-state index is 12.7. The van der Waals surface area contributed by atoms with Crippen molar-refractivity contribution in [3.63, 3.8) is 0 Å². The number of carboxylic acids is 1. The molecule has 1 aliphatic rings. The zero-order valence-electron chi connectivity index (χ0n) is 15.2. The molecular formula is C19H28N2O4. The zero-order valence-corrected chi connectivity index (χ0v) is 15.2. The number of rotatable bonds is 6. The highest BCUT2D eigenvalue weighted by Gasteiger charge is 2.28. The molecule has 6 nitrogen and oxygen atoms in total. The van der Waals surface area contributed by atoms with Crippen molar-refractivity contribution in [3.8, 4) is 5.75 Å². The fraction of sp³-hybridized carbons (Fsp3) is 0.579. The number of benzene rings is 1. The van der Waals surface area contributed by atoms with Gasteiger partial charge in [-0.05, 0) is 31.2 Å². The van der Waals surface area contributed by atoms with Crippen LogP contribution in [0.3, 0.4) is 0 Å². The Morgan fingerprint density at radius 2 is 1.92 bits per heavy atom. The van der Waals surface area contributed by atoms with Crippen molar-refractivity contribution in [2.45, 2.75) is 39.2 Å². The fourth-order valence-electron chi connectivity index (χ4n) is 3.26. The quantitative estimate of drug-likeness (QED) is 0.827. The average molecular weight is 348 g/mol. The highest BCUT2D eigenvalue weighted by atomic mass is 16.5. The molecule has 2 rings (SSSR count). The van der Waals surface area contributed by atoms with Crippen LogP contribution in [0.2, 0.25) is 0 Å². The predicted molar refractivity (Wildman–Crippen MR) is 95.7 cm³/mol. The van der Waals surface area contributed by atoms with Crippen molar-refractivity contribution < 1.29 is 19.4 Å². The minimum atomic E-state index is -0.772. The number of carboxylic acid groups (broad SMARTS) is 1. The number of carbonyl (C=O) groups is 2. The van der Waals surface area contributed by atoms with Gasteiger partial charge < -0.3 is 20.1 Å². The lowest BCUT2D eigenvalue weighted by molar-refractivity contribution is -0.143. The molecule has 25 heavy (non-hydrogen) atoms. The molecule has 0 spiro atoms. The Kier molecular flexibility index (Phi) is 6.67. The van der Waals surface area contributed by atoms with Gasteiger partial charge in [-0.3, -0.25) is 4.79 Å². The molecule has 1 unspecified atom stereocenters. The van der Waals surface area contributed by atoms with Gasteiger partial charge in [0.2, 0.25) is 0 Å². The van der Waals surface area contributed by atoms with E-state index in [0.29, 0.717) is 31.8 Å². The molecule has 1 aromatic rings. The van der Waals surface area contributed by atoms with Crippen LogP contribution >= 0.6 is 0 Å². The Hall–Kier alpha value is -2.24. The van der Waals surface area contributed by atoms with Crippen LogP contribution in [0.15, 0.2) is 24.3 Å². The Bertz CT molecular complexity index is 595. The summed E-state index contributed by atoms with van der Waals surface area (Å²) in [6.07, 6.45) is 1.82. The molecule has 0 saturated carbocycles. The van der Waals surface area contributed by atoms with Crippen LogP contribution in [0.4, 0.5) is 4.79 Å². The highest BCUT2D eigenvalue weighted by Crippen LogP contribution is 2.29. The number of likely N-dealkylation sites (tertiary alicyclic amines) is 1. The van der Waals surface area contributed by atoms with Crippen molar-refractivity contribution in [2.75, 3.05) is 20.2 Å². The number of nitrogens with zero attached hydrogens (tertiary/aromatic N) is 1. The number of methoxy groups -OCH3 is 1. The summed E-state index contributed by atoms with van der Waals surface area (Å²) < 4.78 is 5.45. The van der Waals surface area contributed by atoms with E-state index in [9.17, 15) is 9.59 Å². The van der Waals surface area contributed by atoms with Crippen molar-refractivity contribution in [2.24, 2.45) is 11.8 Å². The van der Waals surface area contributed by atoms with Gasteiger partial charge in [-0.15, -0.1) is 0 Å². The maximum absolute atomic E-state index is 12.7. The van der Waals surface area contributed by atoms with Crippen LogP contribution in [-0.2, 0) is 4.79 Å². The summed E-state index contributed by atoms with van der Waals surface area (Å²) in [5.74, 6) is 0.0579. The molecule has 1 saturated heterocycles. The summed E-state index contributed by atoms with van der Waals surface area (Å²) in [6.45, 7) is 5.19. The lowest BCUT2D eigenvalue weighted by Gasteiger charge is -2.32. The molecule has 138 valence electrons. The molecule has 1 aliphatic heterocycles. The predicted octanol–water partition coefficient (Wildman–Crippen LogP) is 3.29. The lowest BCUT2D eigenvalue weighted by Crippen LogP contribution is -2.46. The number of aliphatic carboxylic acids is 1. The number of amides is 2. The largest absolute Gasteiger partial charge is 0.496 e. The minimum absolute atomic E-state index is 0.138. The zero-order chi connectivity index (χ0) is 18.4. The first kappa shape index (κ1) is 19.1.